The highest BCUT2D eigenvalue weighted by atomic mass is 32.2. The molecule has 5 nitrogen and oxygen atoms in total. The van der Waals surface area contributed by atoms with Gasteiger partial charge in [0.25, 0.3) is 0 Å². The number of rotatable bonds is 2. The van der Waals surface area contributed by atoms with E-state index in [-0.39, 0.29) is 12.8 Å². The van der Waals surface area contributed by atoms with Crippen LogP contribution in [-0.2, 0) is 15.4 Å². The number of aliphatic hydroxyl groups is 1. The molecule has 0 saturated carbocycles. The van der Waals surface area contributed by atoms with E-state index in [9.17, 15) is 18.8 Å². The SMILES string of the molecule is COc1cccc(C2(O)CC3CCCC(C2)S3(=O)=O)c1C#N. The van der Waals surface area contributed by atoms with Crippen molar-refractivity contribution < 1.29 is 18.3 Å². The van der Waals surface area contributed by atoms with Crippen LogP contribution in [0.5, 0.6) is 5.75 Å². The molecule has 118 valence electrons. The number of sulfone groups is 1. The third-order valence-electron chi connectivity index (χ3n) is 4.97. The fraction of sp³-hybridized carbons (Fsp3) is 0.562. The Morgan fingerprint density at radius 3 is 2.50 bits per heavy atom. The van der Waals surface area contributed by atoms with Gasteiger partial charge in [-0.2, -0.15) is 5.26 Å². The molecule has 1 aromatic rings. The number of benzene rings is 1. The van der Waals surface area contributed by atoms with Crippen LogP contribution in [0.2, 0.25) is 0 Å². The molecule has 2 aliphatic rings. The van der Waals surface area contributed by atoms with Crippen molar-refractivity contribution in [2.45, 2.75) is 48.2 Å². The lowest BCUT2D eigenvalue weighted by Crippen LogP contribution is -2.50. The quantitative estimate of drug-likeness (QED) is 0.898. The molecule has 0 aliphatic carbocycles. The number of methoxy groups -OCH3 is 1. The summed E-state index contributed by atoms with van der Waals surface area (Å²) in [7, 11) is -1.68. The largest absolute Gasteiger partial charge is 0.495 e. The first-order valence-electron chi connectivity index (χ1n) is 7.45. The second kappa shape index (κ2) is 5.25. The van der Waals surface area contributed by atoms with Gasteiger partial charge in [-0.25, -0.2) is 8.42 Å². The van der Waals surface area contributed by atoms with Crippen LogP contribution in [0.4, 0.5) is 0 Å². The molecule has 2 aliphatic heterocycles. The van der Waals surface area contributed by atoms with E-state index in [4.69, 9.17) is 4.74 Å². The maximum atomic E-state index is 12.4. The number of hydrogen-bond donors (Lipinski definition) is 1. The second-order valence-electron chi connectivity index (χ2n) is 6.20. The topological polar surface area (TPSA) is 87.4 Å². The Morgan fingerprint density at radius 1 is 1.32 bits per heavy atom. The number of nitrogens with zero attached hydrogens (tertiary/aromatic N) is 1. The van der Waals surface area contributed by atoms with Crippen LogP contribution in [0.3, 0.4) is 0 Å². The average Bonchev–Trinajstić information content (AvgIpc) is 2.48. The molecule has 3 rings (SSSR count). The Balaban J connectivity index is 2.08. The zero-order chi connectivity index (χ0) is 16.0. The highest BCUT2D eigenvalue weighted by Gasteiger charge is 2.51. The minimum absolute atomic E-state index is 0.160. The van der Waals surface area contributed by atoms with E-state index >= 15 is 0 Å². The summed E-state index contributed by atoms with van der Waals surface area (Å²) in [4.78, 5) is 0. The molecule has 1 aromatic carbocycles. The van der Waals surface area contributed by atoms with Gasteiger partial charge >= 0.3 is 0 Å². The number of nitriles is 1. The van der Waals surface area contributed by atoms with E-state index in [1.165, 1.54) is 7.11 Å². The van der Waals surface area contributed by atoms with Crippen molar-refractivity contribution in [3.63, 3.8) is 0 Å². The van der Waals surface area contributed by atoms with Gasteiger partial charge in [0.15, 0.2) is 9.84 Å². The Bertz CT molecular complexity index is 715. The number of ether oxygens (including phenoxy) is 1. The molecule has 2 fully saturated rings. The molecule has 22 heavy (non-hydrogen) atoms. The highest BCUT2D eigenvalue weighted by Crippen LogP contribution is 2.47. The predicted octanol–water partition coefficient (Wildman–Crippen LogP) is 1.88. The molecule has 6 heteroatoms. The van der Waals surface area contributed by atoms with Crippen molar-refractivity contribution in [2.75, 3.05) is 7.11 Å². The molecule has 0 radical (unpaired) electrons. The smallest absolute Gasteiger partial charge is 0.156 e. The van der Waals surface area contributed by atoms with Crippen LogP contribution in [0.25, 0.3) is 0 Å². The standard InChI is InChI=1S/C16H19NO4S/c1-21-15-7-3-6-14(13(15)10-17)16(18)8-11-4-2-5-12(9-16)22(11,19)20/h3,6-7,11-12,18H,2,4-5,8-9H2,1H3. The Kier molecular flexibility index (Phi) is 3.66. The van der Waals surface area contributed by atoms with E-state index < -0.39 is 25.9 Å². The molecule has 1 N–H and O–H groups in total. The molecule has 2 atom stereocenters. The van der Waals surface area contributed by atoms with Gasteiger partial charge in [0.05, 0.1) is 23.2 Å². The zero-order valence-electron chi connectivity index (χ0n) is 12.4. The van der Waals surface area contributed by atoms with Crippen LogP contribution < -0.4 is 4.74 Å². The van der Waals surface area contributed by atoms with E-state index in [2.05, 4.69) is 6.07 Å². The minimum Gasteiger partial charge on any atom is -0.495 e. The number of fused-ring (bicyclic) bond motifs is 2. The van der Waals surface area contributed by atoms with Crippen molar-refractivity contribution in [2.24, 2.45) is 0 Å². The van der Waals surface area contributed by atoms with Gasteiger partial charge in [-0.15, -0.1) is 0 Å². The van der Waals surface area contributed by atoms with Gasteiger partial charge in [-0.1, -0.05) is 18.6 Å². The summed E-state index contributed by atoms with van der Waals surface area (Å²) in [5.41, 5.74) is -0.494. The van der Waals surface area contributed by atoms with Crippen LogP contribution in [0.1, 0.15) is 43.2 Å². The van der Waals surface area contributed by atoms with Crippen molar-refractivity contribution in [3.8, 4) is 11.8 Å². The van der Waals surface area contributed by atoms with Crippen molar-refractivity contribution in [1.29, 1.82) is 5.26 Å². The lowest BCUT2D eigenvalue weighted by atomic mass is 9.78. The monoisotopic (exact) mass is 321 g/mol. The van der Waals surface area contributed by atoms with Gasteiger partial charge in [-0.3, -0.25) is 0 Å². The highest BCUT2D eigenvalue weighted by molar-refractivity contribution is 7.92. The van der Waals surface area contributed by atoms with Crippen molar-refractivity contribution in [1.82, 2.24) is 0 Å². The van der Waals surface area contributed by atoms with E-state index in [0.717, 1.165) is 6.42 Å². The molecule has 2 bridgehead atoms. The van der Waals surface area contributed by atoms with Crippen LogP contribution >= 0.6 is 0 Å². The average molecular weight is 321 g/mol. The molecule has 0 aromatic heterocycles. The maximum Gasteiger partial charge on any atom is 0.156 e. The van der Waals surface area contributed by atoms with Crippen molar-refractivity contribution in [3.05, 3.63) is 29.3 Å². The first-order valence-corrected chi connectivity index (χ1v) is 9.06. The van der Waals surface area contributed by atoms with Crippen LogP contribution in [0, 0.1) is 11.3 Å². The zero-order valence-corrected chi connectivity index (χ0v) is 13.3. The summed E-state index contributed by atoms with van der Waals surface area (Å²) in [6.45, 7) is 0. The summed E-state index contributed by atoms with van der Waals surface area (Å²) >= 11 is 0. The second-order valence-corrected chi connectivity index (χ2v) is 8.71. The Labute approximate surface area is 130 Å². The van der Waals surface area contributed by atoms with Crippen molar-refractivity contribution >= 4 is 9.84 Å². The lowest BCUT2D eigenvalue weighted by Gasteiger charge is -2.44. The molecule has 0 amide bonds. The van der Waals surface area contributed by atoms with Gasteiger partial charge in [0.1, 0.15) is 17.4 Å². The first-order chi connectivity index (χ1) is 10.4. The van der Waals surface area contributed by atoms with Gasteiger partial charge in [0.2, 0.25) is 0 Å². The normalized spacial score (nSPS) is 33.0. The molecule has 2 saturated heterocycles. The van der Waals surface area contributed by atoms with Gasteiger partial charge < -0.3 is 9.84 Å². The third-order valence-corrected chi connectivity index (χ3v) is 7.63. The number of hydrogen-bond acceptors (Lipinski definition) is 5. The fourth-order valence-corrected chi connectivity index (χ4v) is 6.42. The molecular weight excluding hydrogens is 302 g/mol. The van der Waals surface area contributed by atoms with E-state index in [1.807, 2.05) is 0 Å². The molecule has 2 heterocycles. The minimum atomic E-state index is -3.15. The first kappa shape index (κ1) is 15.3. The Hall–Kier alpha value is -1.58. The van der Waals surface area contributed by atoms with Crippen LogP contribution in [-0.4, -0.2) is 31.1 Å². The molecular formula is C16H19NO4S. The third kappa shape index (κ3) is 2.20. The summed E-state index contributed by atoms with van der Waals surface area (Å²) in [5.74, 6) is 0.409. The van der Waals surface area contributed by atoms with E-state index in [0.29, 0.717) is 29.7 Å². The summed E-state index contributed by atoms with van der Waals surface area (Å²) < 4.78 is 30.0. The molecule has 2 unspecified atom stereocenters. The summed E-state index contributed by atoms with van der Waals surface area (Å²) in [6.07, 6.45) is 2.38. The van der Waals surface area contributed by atoms with Crippen LogP contribution in [0.15, 0.2) is 18.2 Å². The fourth-order valence-electron chi connectivity index (χ4n) is 3.87. The predicted molar refractivity (Wildman–Crippen MR) is 81.2 cm³/mol. The Morgan fingerprint density at radius 2 is 1.95 bits per heavy atom. The van der Waals surface area contributed by atoms with E-state index in [1.54, 1.807) is 18.2 Å². The van der Waals surface area contributed by atoms with Gasteiger partial charge in [0, 0.05) is 5.56 Å². The van der Waals surface area contributed by atoms with Gasteiger partial charge in [-0.05, 0) is 31.7 Å². The lowest BCUT2D eigenvalue weighted by molar-refractivity contribution is 0.00459. The molecule has 0 spiro atoms. The summed E-state index contributed by atoms with van der Waals surface area (Å²) in [6, 6.07) is 7.19. The maximum absolute atomic E-state index is 12.4. The summed E-state index contributed by atoms with van der Waals surface area (Å²) in [5, 5.41) is 19.5.